The van der Waals surface area contributed by atoms with Crippen molar-refractivity contribution < 1.29 is 0 Å². The maximum atomic E-state index is 5.15. The molecule has 11 aliphatic rings. The summed E-state index contributed by atoms with van der Waals surface area (Å²) in [6.45, 7) is 28.8. The van der Waals surface area contributed by atoms with E-state index in [1.54, 1.807) is 5.57 Å². The van der Waals surface area contributed by atoms with Crippen molar-refractivity contribution in [2.45, 2.75) is 81.6 Å². The fourth-order valence-corrected chi connectivity index (χ4v) is 14.4. The van der Waals surface area contributed by atoms with E-state index in [2.05, 4.69) is 62.3 Å². The van der Waals surface area contributed by atoms with Crippen LogP contribution in [0.3, 0.4) is 0 Å². The SMILES string of the molecule is C=C1C2C(CC)C1C1(CS)C(C)C[C@H]1CC13C(C)C(C)C1C(C)C1C2C(C)(C)C1(C)C3C. The molecule has 11 rings (SSSR count). The molecule has 0 aromatic heterocycles. The van der Waals surface area contributed by atoms with Crippen LogP contribution in [0, 0.1) is 92.7 Å². The van der Waals surface area contributed by atoms with Crippen molar-refractivity contribution in [3.8, 4) is 0 Å². The minimum atomic E-state index is 0.413. The second kappa shape index (κ2) is 6.25. The minimum absolute atomic E-state index is 0.413. The van der Waals surface area contributed by atoms with Crippen molar-refractivity contribution >= 4 is 12.6 Å². The van der Waals surface area contributed by atoms with E-state index >= 15 is 0 Å². The molecule has 0 N–H and O–H groups in total. The Labute approximate surface area is 204 Å². The molecule has 0 heterocycles. The molecule has 1 spiro atoms. The summed E-state index contributed by atoms with van der Waals surface area (Å²) < 4.78 is 0. The van der Waals surface area contributed by atoms with E-state index in [9.17, 15) is 0 Å². The molecule has 0 nitrogen and oxygen atoms in total. The maximum Gasteiger partial charge on any atom is -0.00301 e. The monoisotopic (exact) mass is 454 g/mol. The van der Waals surface area contributed by atoms with E-state index in [1.807, 2.05) is 0 Å². The molecule has 15 atom stereocenters. The molecule has 0 amide bonds. The molecule has 0 aromatic rings. The van der Waals surface area contributed by atoms with Gasteiger partial charge in [-0.2, -0.15) is 12.6 Å². The van der Waals surface area contributed by atoms with Crippen LogP contribution in [0.15, 0.2) is 12.2 Å². The molecule has 0 aliphatic heterocycles. The van der Waals surface area contributed by atoms with Gasteiger partial charge in [-0.1, -0.05) is 80.9 Å². The van der Waals surface area contributed by atoms with Gasteiger partial charge in [-0.05, 0) is 111 Å². The zero-order valence-electron chi connectivity index (χ0n) is 22.4. The quantitative estimate of drug-likeness (QED) is 0.315. The normalized spacial score (nSPS) is 65.9. The Bertz CT molecular complexity index is 857. The lowest BCUT2D eigenvalue weighted by Crippen LogP contribution is -2.79. The first-order chi connectivity index (χ1) is 14.9. The van der Waals surface area contributed by atoms with Gasteiger partial charge in [0, 0.05) is 0 Å². The Morgan fingerprint density at radius 3 is 2.19 bits per heavy atom. The molecule has 32 heavy (non-hydrogen) atoms. The maximum absolute atomic E-state index is 5.15. The number of allylic oxidation sites excluding steroid dienone is 1. The third-order valence-electron chi connectivity index (χ3n) is 15.3. The zero-order chi connectivity index (χ0) is 23.3. The molecule has 0 saturated heterocycles. The minimum Gasteiger partial charge on any atom is -0.179 e. The predicted molar refractivity (Wildman–Crippen MR) is 140 cm³/mol. The number of rotatable bonds is 2. The Kier molecular flexibility index (Phi) is 4.41. The van der Waals surface area contributed by atoms with Crippen molar-refractivity contribution in [2.75, 3.05) is 5.75 Å². The first-order valence-electron chi connectivity index (χ1n) is 14.2. The smallest absolute Gasteiger partial charge is 0.00301 e. The van der Waals surface area contributed by atoms with E-state index in [1.165, 1.54) is 19.3 Å². The predicted octanol–water partition coefficient (Wildman–Crippen LogP) is 8.24. The van der Waals surface area contributed by atoms with Gasteiger partial charge in [0.25, 0.3) is 0 Å². The number of hydrogen-bond donors (Lipinski definition) is 1. The van der Waals surface area contributed by atoms with Gasteiger partial charge in [-0.15, -0.1) is 0 Å². The van der Waals surface area contributed by atoms with E-state index in [4.69, 9.17) is 19.2 Å². The second-order valence-electron chi connectivity index (χ2n) is 14.9. The highest BCUT2D eigenvalue weighted by Gasteiger charge is 2.82. The van der Waals surface area contributed by atoms with Crippen LogP contribution in [0.1, 0.15) is 81.6 Å². The van der Waals surface area contributed by atoms with E-state index in [0.29, 0.717) is 21.7 Å². The van der Waals surface area contributed by atoms with Crippen LogP contribution in [0.25, 0.3) is 0 Å². The molecule has 6 bridgehead atoms. The van der Waals surface area contributed by atoms with Gasteiger partial charge in [-0.25, -0.2) is 0 Å². The lowest BCUT2D eigenvalue weighted by Gasteiger charge is -2.84. The van der Waals surface area contributed by atoms with Crippen LogP contribution in [0.5, 0.6) is 0 Å². The summed E-state index contributed by atoms with van der Waals surface area (Å²) in [4.78, 5) is 0. The Hall–Kier alpha value is 0.0900. The Balaban J connectivity index is 1.60. The lowest BCUT2D eigenvalue weighted by atomic mass is 9.20. The van der Waals surface area contributed by atoms with Gasteiger partial charge in [-0.3, -0.25) is 0 Å². The highest BCUT2D eigenvalue weighted by atomic mass is 32.1. The second-order valence-corrected chi connectivity index (χ2v) is 15.2. The van der Waals surface area contributed by atoms with Gasteiger partial charge in [0.05, 0.1) is 0 Å². The molecule has 11 saturated carbocycles. The van der Waals surface area contributed by atoms with Crippen molar-refractivity contribution in [3.63, 3.8) is 0 Å². The highest BCUT2D eigenvalue weighted by molar-refractivity contribution is 7.80. The van der Waals surface area contributed by atoms with Crippen LogP contribution in [-0.2, 0) is 0 Å². The fraction of sp³-hybridized carbons (Fsp3) is 0.935. The summed E-state index contributed by atoms with van der Waals surface area (Å²) in [6, 6.07) is 0. The number of hydrogen-bond acceptors (Lipinski definition) is 1. The molecular weight excluding hydrogens is 404 g/mol. The summed E-state index contributed by atoms with van der Waals surface area (Å²) >= 11 is 5.15. The first-order valence-corrected chi connectivity index (χ1v) is 14.8. The summed E-state index contributed by atoms with van der Waals surface area (Å²) in [7, 11) is 0. The average molecular weight is 455 g/mol. The third-order valence-corrected chi connectivity index (χ3v) is 15.9. The zero-order valence-corrected chi connectivity index (χ0v) is 23.3. The van der Waals surface area contributed by atoms with E-state index < -0.39 is 0 Å². The molecule has 1 heteroatoms. The molecular formula is C31H50S. The van der Waals surface area contributed by atoms with Gasteiger partial charge in [0.15, 0.2) is 0 Å². The summed E-state index contributed by atoms with van der Waals surface area (Å²) in [5.41, 5.74) is 3.50. The van der Waals surface area contributed by atoms with Gasteiger partial charge < -0.3 is 0 Å². The van der Waals surface area contributed by atoms with Crippen molar-refractivity contribution in [1.29, 1.82) is 0 Å². The molecule has 0 aromatic carbocycles. The van der Waals surface area contributed by atoms with Crippen molar-refractivity contribution in [1.82, 2.24) is 0 Å². The Morgan fingerprint density at radius 1 is 0.969 bits per heavy atom. The standard InChI is InChI=1S/C31H50S/c1-11-22-23-17(4)25(22)31(14-32)15(2)12-21(31)13-30-19(6)16(3)24(30)18(5)26-27(23)28(8,9)29(26,10)20(30)7/h15-16,18-27,32H,4,11-14H2,1-3,5-10H3/t15?,16?,18?,19?,20?,21-,22?,23?,24?,25?,26?,27?,29?,30?,31?/m0/s1. The molecule has 0 radical (unpaired) electrons. The third kappa shape index (κ3) is 1.86. The van der Waals surface area contributed by atoms with Gasteiger partial charge in [0.2, 0.25) is 0 Å². The number of thiol groups is 1. The molecule has 11 aliphatic carbocycles. The fourth-order valence-electron chi connectivity index (χ4n) is 13.6. The van der Waals surface area contributed by atoms with E-state index in [-0.39, 0.29) is 0 Å². The van der Waals surface area contributed by atoms with E-state index in [0.717, 1.165) is 76.8 Å². The lowest BCUT2D eigenvalue weighted by molar-refractivity contribution is -0.362. The molecule has 180 valence electrons. The van der Waals surface area contributed by atoms with Gasteiger partial charge >= 0.3 is 0 Å². The summed E-state index contributed by atoms with van der Waals surface area (Å²) in [5.74, 6) is 11.2. The summed E-state index contributed by atoms with van der Waals surface area (Å²) in [6.07, 6.45) is 4.26. The van der Waals surface area contributed by atoms with Crippen molar-refractivity contribution in [3.05, 3.63) is 12.2 Å². The highest BCUT2D eigenvalue weighted by Crippen LogP contribution is 2.87. The van der Waals surface area contributed by atoms with Crippen molar-refractivity contribution in [2.24, 2.45) is 92.7 Å². The Morgan fingerprint density at radius 2 is 1.62 bits per heavy atom. The topological polar surface area (TPSA) is 0 Å². The largest absolute Gasteiger partial charge is 0.179 e. The first kappa shape index (κ1) is 22.5. The average Bonchev–Trinajstić information content (AvgIpc) is 2.77. The van der Waals surface area contributed by atoms with Crippen LogP contribution in [-0.4, -0.2) is 5.75 Å². The molecule has 11 fully saturated rings. The van der Waals surface area contributed by atoms with Crippen LogP contribution in [0.2, 0.25) is 0 Å². The van der Waals surface area contributed by atoms with Crippen LogP contribution < -0.4 is 0 Å². The summed E-state index contributed by atoms with van der Waals surface area (Å²) in [5, 5.41) is 0. The molecule has 14 unspecified atom stereocenters. The van der Waals surface area contributed by atoms with Crippen LogP contribution in [0.4, 0.5) is 0 Å². The van der Waals surface area contributed by atoms with Crippen LogP contribution >= 0.6 is 12.6 Å². The van der Waals surface area contributed by atoms with Gasteiger partial charge in [0.1, 0.15) is 0 Å².